The largest absolute Gasteiger partial charge is 0.339 e. The molecule has 0 aliphatic carbocycles. The number of non-ortho nitro benzene ring substituents is 1. The number of hydrogen-bond donors (Lipinski definition) is 1. The third kappa shape index (κ3) is 2.36. The lowest BCUT2D eigenvalue weighted by Crippen LogP contribution is -2.11. The molecule has 0 bridgehead atoms. The summed E-state index contributed by atoms with van der Waals surface area (Å²) in [5, 5.41) is 13.6. The van der Waals surface area contributed by atoms with Gasteiger partial charge in [-0.25, -0.2) is 0 Å². The predicted octanol–water partition coefficient (Wildman–Crippen LogP) is 2.16. The fraction of sp³-hybridized carbons (Fsp3) is 0. The van der Waals surface area contributed by atoms with Crippen molar-refractivity contribution in [3.63, 3.8) is 0 Å². The van der Waals surface area contributed by atoms with Crippen molar-refractivity contribution in [3.8, 4) is 0 Å². The highest BCUT2D eigenvalue weighted by molar-refractivity contribution is 7.90. The first-order valence-corrected chi connectivity index (χ1v) is 7.37. The van der Waals surface area contributed by atoms with Crippen LogP contribution >= 0.6 is 0 Å². The molecule has 8 heteroatoms. The van der Waals surface area contributed by atoms with Crippen LogP contribution in [0, 0.1) is 10.1 Å². The van der Waals surface area contributed by atoms with Crippen LogP contribution in [-0.2, 0) is 10.0 Å². The number of rotatable bonds is 2. The van der Waals surface area contributed by atoms with E-state index < -0.39 is 14.9 Å². The van der Waals surface area contributed by atoms with E-state index in [1.54, 1.807) is 24.3 Å². The van der Waals surface area contributed by atoms with E-state index in [1.165, 1.54) is 24.3 Å². The highest BCUT2D eigenvalue weighted by Gasteiger charge is 2.28. The zero-order valence-corrected chi connectivity index (χ0v) is 11.4. The van der Waals surface area contributed by atoms with E-state index in [1.807, 2.05) is 0 Å². The van der Waals surface area contributed by atoms with E-state index in [9.17, 15) is 18.5 Å². The van der Waals surface area contributed by atoms with Gasteiger partial charge in [-0.3, -0.25) is 10.1 Å². The van der Waals surface area contributed by atoms with Crippen LogP contribution in [0.5, 0.6) is 0 Å². The van der Waals surface area contributed by atoms with Crippen LogP contribution in [0.3, 0.4) is 0 Å². The normalized spacial score (nSPS) is 15.1. The molecule has 0 saturated heterocycles. The van der Waals surface area contributed by atoms with Crippen LogP contribution in [0.4, 0.5) is 11.4 Å². The van der Waals surface area contributed by atoms with Gasteiger partial charge in [0, 0.05) is 23.4 Å². The summed E-state index contributed by atoms with van der Waals surface area (Å²) in [6.45, 7) is 0. The topological polar surface area (TPSA) is 102 Å². The highest BCUT2D eigenvalue weighted by atomic mass is 32.2. The Kier molecular flexibility index (Phi) is 2.95. The lowest BCUT2D eigenvalue weighted by Gasteiger charge is -2.05. The van der Waals surface area contributed by atoms with Crippen molar-refractivity contribution in [2.75, 3.05) is 5.32 Å². The first-order valence-electron chi connectivity index (χ1n) is 5.93. The van der Waals surface area contributed by atoms with E-state index in [2.05, 4.69) is 9.71 Å². The Balaban J connectivity index is 2.00. The number of sulfonamides is 1. The van der Waals surface area contributed by atoms with Crippen molar-refractivity contribution >= 4 is 27.2 Å². The molecule has 1 aliphatic heterocycles. The Morgan fingerprint density at radius 3 is 2.62 bits per heavy atom. The number of nitrogens with one attached hydrogen (secondary N) is 1. The number of nitro benzene ring substituents is 1. The molecule has 3 rings (SSSR count). The van der Waals surface area contributed by atoms with E-state index in [4.69, 9.17) is 0 Å². The van der Waals surface area contributed by atoms with Gasteiger partial charge in [-0.15, -0.1) is 4.40 Å². The Labute approximate surface area is 120 Å². The van der Waals surface area contributed by atoms with Crippen LogP contribution in [0.2, 0.25) is 0 Å². The van der Waals surface area contributed by atoms with Crippen molar-refractivity contribution in [1.29, 1.82) is 0 Å². The number of anilines is 1. The molecule has 7 nitrogen and oxygen atoms in total. The summed E-state index contributed by atoms with van der Waals surface area (Å²) in [5.41, 5.74) is 0.758. The molecule has 2 aromatic rings. The maximum atomic E-state index is 11.9. The fourth-order valence-corrected chi connectivity index (χ4v) is 3.21. The van der Waals surface area contributed by atoms with Crippen molar-refractivity contribution < 1.29 is 13.3 Å². The summed E-state index contributed by atoms with van der Waals surface area (Å²) in [5.74, 6) is 0.158. The van der Waals surface area contributed by atoms with Crippen molar-refractivity contribution in [2.45, 2.75) is 4.90 Å². The van der Waals surface area contributed by atoms with Crippen LogP contribution < -0.4 is 5.32 Å². The third-order valence-electron chi connectivity index (χ3n) is 2.95. The van der Waals surface area contributed by atoms with E-state index in [0.29, 0.717) is 11.3 Å². The highest BCUT2D eigenvalue weighted by Crippen LogP contribution is 2.27. The molecule has 1 aliphatic rings. The van der Waals surface area contributed by atoms with Crippen molar-refractivity contribution in [3.05, 3.63) is 64.2 Å². The van der Waals surface area contributed by atoms with Gasteiger partial charge in [0.1, 0.15) is 4.90 Å². The first-order chi connectivity index (χ1) is 9.97. The van der Waals surface area contributed by atoms with E-state index >= 15 is 0 Å². The quantitative estimate of drug-likeness (QED) is 0.676. The molecule has 0 fully saturated rings. The van der Waals surface area contributed by atoms with E-state index in [-0.39, 0.29) is 16.4 Å². The third-order valence-corrected chi connectivity index (χ3v) is 4.29. The van der Waals surface area contributed by atoms with Gasteiger partial charge in [0.2, 0.25) is 0 Å². The summed E-state index contributed by atoms with van der Waals surface area (Å²) in [6.07, 6.45) is 0. The average Bonchev–Trinajstić information content (AvgIpc) is 2.71. The Morgan fingerprint density at radius 1 is 1.10 bits per heavy atom. The average molecular weight is 303 g/mol. The molecule has 2 aromatic carbocycles. The maximum Gasteiger partial charge on any atom is 0.285 e. The minimum Gasteiger partial charge on any atom is -0.339 e. The summed E-state index contributed by atoms with van der Waals surface area (Å²) >= 11 is 0. The number of nitrogens with zero attached hydrogens (tertiary/aromatic N) is 2. The van der Waals surface area contributed by atoms with Crippen LogP contribution in [0.25, 0.3) is 0 Å². The van der Waals surface area contributed by atoms with Crippen LogP contribution in [0.1, 0.15) is 5.56 Å². The molecule has 21 heavy (non-hydrogen) atoms. The number of amidine groups is 1. The Morgan fingerprint density at radius 2 is 1.86 bits per heavy atom. The molecule has 0 atom stereocenters. The van der Waals surface area contributed by atoms with Crippen LogP contribution in [-0.4, -0.2) is 19.2 Å². The molecule has 106 valence electrons. The minimum absolute atomic E-state index is 0.0882. The SMILES string of the molecule is O=[N+]([O-])c1cccc(NC2=NS(=O)(=O)c3ccccc32)c1. The first kappa shape index (κ1) is 13.3. The van der Waals surface area contributed by atoms with Gasteiger partial charge < -0.3 is 5.32 Å². The van der Waals surface area contributed by atoms with Crippen LogP contribution in [0.15, 0.2) is 57.8 Å². The lowest BCUT2D eigenvalue weighted by molar-refractivity contribution is -0.384. The predicted molar refractivity (Wildman–Crippen MR) is 76.9 cm³/mol. The number of benzene rings is 2. The fourth-order valence-electron chi connectivity index (χ4n) is 2.03. The van der Waals surface area contributed by atoms with Crippen molar-refractivity contribution in [2.24, 2.45) is 4.40 Å². The molecular weight excluding hydrogens is 294 g/mol. The molecule has 1 heterocycles. The molecule has 0 saturated carbocycles. The zero-order valence-electron chi connectivity index (χ0n) is 10.6. The van der Waals surface area contributed by atoms with Gasteiger partial charge in [-0.2, -0.15) is 8.42 Å². The second-order valence-corrected chi connectivity index (χ2v) is 5.92. The summed E-state index contributed by atoms with van der Waals surface area (Å²) < 4.78 is 27.5. The molecule has 0 radical (unpaired) electrons. The summed E-state index contributed by atoms with van der Waals surface area (Å²) in [6, 6.07) is 12.2. The van der Waals surface area contributed by atoms with Gasteiger partial charge in [-0.05, 0) is 18.2 Å². The van der Waals surface area contributed by atoms with Gasteiger partial charge in [-0.1, -0.05) is 18.2 Å². The van der Waals surface area contributed by atoms with Gasteiger partial charge in [0.05, 0.1) is 4.92 Å². The molecule has 0 amide bonds. The molecule has 1 N–H and O–H groups in total. The second-order valence-electron chi connectivity index (χ2n) is 4.34. The molecular formula is C13H9N3O4S. The van der Waals surface area contributed by atoms with Gasteiger partial charge >= 0.3 is 0 Å². The zero-order chi connectivity index (χ0) is 15.0. The minimum atomic E-state index is -3.71. The molecule has 0 spiro atoms. The molecule has 0 unspecified atom stereocenters. The maximum absolute atomic E-state index is 11.9. The standard InChI is InChI=1S/C13H9N3O4S/c17-16(18)10-5-3-4-9(8-10)14-13-11-6-1-2-7-12(11)21(19,20)15-13/h1-8H,(H,14,15). The Hall–Kier alpha value is -2.74. The summed E-state index contributed by atoms with van der Waals surface area (Å²) in [7, 11) is -3.71. The van der Waals surface area contributed by atoms with Gasteiger partial charge in [0.15, 0.2) is 5.84 Å². The molecule has 0 aromatic heterocycles. The Bertz CT molecular complexity index is 874. The summed E-state index contributed by atoms with van der Waals surface area (Å²) in [4.78, 5) is 10.3. The number of hydrogen-bond acceptors (Lipinski definition) is 5. The smallest absolute Gasteiger partial charge is 0.285 e. The number of fused-ring (bicyclic) bond motifs is 1. The van der Waals surface area contributed by atoms with E-state index in [0.717, 1.165) is 0 Å². The monoisotopic (exact) mass is 303 g/mol. The van der Waals surface area contributed by atoms with Gasteiger partial charge in [0.25, 0.3) is 15.7 Å². The lowest BCUT2D eigenvalue weighted by atomic mass is 10.2. The second kappa shape index (κ2) is 4.67. The van der Waals surface area contributed by atoms with Crippen molar-refractivity contribution in [1.82, 2.24) is 0 Å². The number of nitro groups is 1.